The zero-order valence-corrected chi connectivity index (χ0v) is 18.4. The average molecular weight is 565 g/mol. The first-order valence-electron chi connectivity index (χ1n) is 9.17. The quantitative estimate of drug-likeness (QED) is 0.330. The van der Waals surface area contributed by atoms with E-state index >= 15 is 0 Å². The summed E-state index contributed by atoms with van der Waals surface area (Å²) in [5, 5.41) is 10.9. The van der Waals surface area contributed by atoms with Crippen LogP contribution in [0, 0.1) is 23.0 Å². The molecule has 0 fully saturated rings. The average Bonchev–Trinajstić information content (AvgIpc) is 2.74. The van der Waals surface area contributed by atoms with Gasteiger partial charge in [0, 0.05) is 10.2 Å². The van der Waals surface area contributed by atoms with Crippen molar-refractivity contribution in [3.05, 3.63) is 86.9 Å². The van der Waals surface area contributed by atoms with Gasteiger partial charge in [-0.3, -0.25) is 4.79 Å². The molecule has 13 heteroatoms. The van der Waals surface area contributed by atoms with Gasteiger partial charge in [-0.2, -0.15) is 31.6 Å². The van der Waals surface area contributed by atoms with Gasteiger partial charge in [0.1, 0.15) is 28.9 Å². The lowest BCUT2D eigenvalue weighted by atomic mass is 10.1. The number of nitriles is 1. The van der Waals surface area contributed by atoms with Crippen LogP contribution in [0.25, 0.3) is 0 Å². The molecule has 3 rings (SSSR count). The van der Waals surface area contributed by atoms with Crippen LogP contribution in [0.2, 0.25) is 0 Å². The zero-order chi connectivity index (χ0) is 26.1. The van der Waals surface area contributed by atoms with Crippen LogP contribution in [0.1, 0.15) is 27.0 Å². The molecule has 3 aromatic rings. The van der Waals surface area contributed by atoms with Crippen LogP contribution in [0.4, 0.5) is 40.8 Å². The number of hydrogen-bond acceptors (Lipinski definition) is 3. The Morgan fingerprint density at radius 2 is 1.51 bits per heavy atom. The van der Waals surface area contributed by atoms with Crippen LogP contribution in [-0.4, -0.2) is 5.91 Å². The Balaban J connectivity index is 2.13. The molecule has 0 aliphatic carbocycles. The lowest BCUT2D eigenvalue weighted by molar-refractivity contribution is -0.140. The van der Waals surface area contributed by atoms with Gasteiger partial charge in [-0.25, -0.2) is 8.78 Å². The summed E-state index contributed by atoms with van der Waals surface area (Å²) in [7, 11) is 0. The molecule has 0 saturated heterocycles. The van der Waals surface area contributed by atoms with Gasteiger partial charge in [0.25, 0.3) is 5.91 Å². The number of halogens is 9. The van der Waals surface area contributed by atoms with Crippen molar-refractivity contribution in [3.63, 3.8) is 0 Å². The monoisotopic (exact) mass is 564 g/mol. The number of amides is 1. The maximum Gasteiger partial charge on any atom is 0.420 e. The molecule has 3 aromatic carbocycles. The van der Waals surface area contributed by atoms with E-state index in [0.29, 0.717) is 12.1 Å². The SMILES string of the molecule is N#Cc1cc(NC(=O)c2c(Oc3ccc(Br)cc3C(F)(F)F)ccc(C(F)(F)F)c2F)ccc1F. The molecule has 0 atom stereocenters. The molecule has 0 aliphatic rings. The van der Waals surface area contributed by atoms with Gasteiger partial charge >= 0.3 is 12.4 Å². The van der Waals surface area contributed by atoms with E-state index in [2.05, 4.69) is 15.9 Å². The van der Waals surface area contributed by atoms with Crippen molar-refractivity contribution >= 4 is 27.5 Å². The number of nitrogens with zero attached hydrogens (tertiary/aromatic N) is 1. The third-order valence-electron chi connectivity index (χ3n) is 4.45. The number of alkyl halides is 6. The lowest BCUT2D eigenvalue weighted by Gasteiger charge is -2.18. The Kier molecular flexibility index (Phi) is 7.07. The molecule has 1 N–H and O–H groups in total. The van der Waals surface area contributed by atoms with Crippen molar-refractivity contribution in [2.75, 3.05) is 5.32 Å². The minimum Gasteiger partial charge on any atom is -0.456 e. The van der Waals surface area contributed by atoms with Crippen LogP contribution in [0.15, 0.2) is 53.0 Å². The summed E-state index contributed by atoms with van der Waals surface area (Å²) in [4.78, 5) is 12.7. The second-order valence-corrected chi connectivity index (χ2v) is 7.71. The predicted molar refractivity (Wildman–Crippen MR) is 110 cm³/mol. The van der Waals surface area contributed by atoms with Gasteiger partial charge in [-0.15, -0.1) is 0 Å². The Bertz CT molecular complexity index is 1350. The van der Waals surface area contributed by atoms with Crippen LogP contribution in [-0.2, 0) is 12.4 Å². The molecule has 0 saturated carbocycles. The summed E-state index contributed by atoms with van der Waals surface area (Å²) in [6.07, 6.45) is -10.2. The van der Waals surface area contributed by atoms with Crippen molar-refractivity contribution in [2.45, 2.75) is 12.4 Å². The van der Waals surface area contributed by atoms with E-state index < -0.39 is 63.6 Å². The second-order valence-electron chi connectivity index (χ2n) is 6.80. The van der Waals surface area contributed by atoms with E-state index in [1.54, 1.807) is 0 Å². The molecular formula is C22H9BrF8N2O2. The maximum atomic E-state index is 14.9. The molecular weight excluding hydrogens is 556 g/mol. The number of carbonyl (C=O) groups excluding carboxylic acids is 1. The highest BCUT2D eigenvalue weighted by Crippen LogP contribution is 2.42. The molecule has 0 spiro atoms. The molecule has 0 bridgehead atoms. The molecule has 4 nitrogen and oxygen atoms in total. The minimum atomic E-state index is -5.25. The molecule has 182 valence electrons. The van der Waals surface area contributed by atoms with Crippen LogP contribution in [0.3, 0.4) is 0 Å². The Labute approximate surface area is 199 Å². The summed E-state index contributed by atoms with van der Waals surface area (Å²) in [6, 6.07) is 7.29. The van der Waals surface area contributed by atoms with Crippen LogP contribution >= 0.6 is 15.9 Å². The van der Waals surface area contributed by atoms with Crippen LogP contribution in [0.5, 0.6) is 11.5 Å². The number of benzene rings is 3. The number of ether oxygens (including phenoxy) is 1. The first kappa shape index (κ1) is 26.0. The minimum absolute atomic E-state index is 0.00153. The van der Waals surface area contributed by atoms with Crippen molar-refractivity contribution < 1.29 is 44.7 Å². The summed E-state index contributed by atoms with van der Waals surface area (Å²) >= 11 is 2.85. The van der Waals surface area contributed by atoms with Crippen molar-refractivity contribution in [2.24, 2.45) is 0 Å². The van der Waals surface area contributed by atoms with Crippen molar-refractivity contribution in [1.29, 1.82) is 5.26 Å². The third kappa shape index (κ3) is 5.71. The number of nitrogens with one attached hydrogen (secondary N) is 1. The van der Waals surface area contributed by atoms with Gasteiger partial charge in [0.05, 0.1) is 16.7 Å². The summed E-state index contributed by atoms with van der Waals surface area (Å²) in [5.74, 6) is -6.49. The molecule has 1 amide bonds. The van der Waals surface area contributed by atoms with Crippen LogP contribution < -0.4 is 10.1 Å². The molecule has 35 heavy (non-hydrogen) atoms. The molecule has 0 radical (unpaired) electrons. The van der Waals surface area contributed by atoms with Gasteiger partial charge in [0.15, 0.2) is 5.82 Å². The fraction of sp³-hybridized carbons (Fsp3) is 0.0909. The molecule has 0 aromatic heterocycles. The number of hydrogen-bond donors (Lipinski definition) is 1. The smallest absolute Gasteiger partial charge is 0.420 e. The standard InChI is InChI=1S/C22H9BrF8N2O2/c23-11-1-5-16(14(8-11)22(29,30)31)35-17-6-3-13(21(26,27)28)19(25)18(17)20(34)33-12-2-4-15(24)10(7-12)9-32/h1-8H,(H,33,34). The number of anilines is 1. The summed E-state index contributed by atoms with van der Waals surface area (Å²) in [5.41, 5.74) is -5.42. The van der Waals surface area contributed by atoms with Gasteiger partial charge < -0.3 is 10.1 Å². The highest BCUT2D eigenvalue weighted by atomic mass is 79.9. The second kappa shape index (κ2) is 9.53. The Morgan fingerprint density at radius 1 is 0.886 bits per heavy atom. The van der Waals surface area contributed by atoms with Gasteiger partial charge in [-0.1, -0.05) is 15.9 Å². The largest absolute Gasteiger partial charge is 0.456 e. The first-order chi connectivity index (χ1) is 16.2. The summed E-state index contributed by atoms with van der Waals surface area (Å²) < 4.78 is 113. The topological polar surface area (TPSA) is 62.1 Å². The fourth-order valence-electron chi connectivity index (χ4n) is 2.89. The third-order valence-corrected chi connectivity index (χ3v) is 4.94. The van der Waals surface area contributed by atoms with E-state index in [1.807, 2.05) is 5.32 Å². The highest BCUT2D eigenvalue weighted by Gasteiger charge is 2.39. The Morgan fingerprint density at radius 3 is 2.11 bits per heavy atom. The van der Waals surface area contributed by atoms with Gasteiger partial charge in [0.2, 0.25) is 0 Å². The van der Waals surface area contributed by atoms with E-state index in [4.69, 9.17) is 10.00 Å². The molecule has 0 unspecified atom stereocenters. The van der Waals surface area contributed by atoms with Crippen molar-refractivity contribution in [3.8, 4) is 17.6 Å². The molecule has 0 heterocycles. The maximum absolute atomic E-state index is 14.9. The van der Waals surface area contributed by atoms with E-state index in [9.17, 15) is 39.9 Å². The number of rotatable bonds is 4. The van der Waals surface area contributed by atoms with Crippen molar-refractivity contribution in [1.82, 2.24) is 0 Å². The highest BCUT2D eigenvalue weighted by molar-refractivity contribution is 9.10. The normalized spacial score (nSPS) is 11.7. The predicted octanol–water partition coefficient (Wildman–Crippen LogP) is 7.68. The lowest BCUT2D eigenvalue weighted by Crippen LogP contribution is -2.19. The van der Waals surface area contributed by atoms with E-state index in [1.165, 1.54) is 6.07 Å². The first-order valence-corrected chi connectivity index (χ1v) is 9.97. The zero-order valence-electron chi connectivity index (χ0n) is 16.8. The Hall–Kier alpha value is -3.66. The van der Waals surface area contributed by atoms with E-state index in [-0.39, 0.29) is 16.2 Å². The van der Waals surface area contributed by atoms with E-state index in [0.717, 1.165) is 30.3 Å². The number of carbonyl (C=O) groups is 1. The molecule has 0 aliphatic heterocycles. The summed E-state index contributed by atoms with van der Waals surface area (Å²) in [6.45, 7) is 0. The fourth-order valence-corrected chi connectivity index (χ4v) is 3.25. The van der Waals surface area contributed by atoms with Gasteiger partial charge in [-0.05, 0) is 48.5 Å².